The number of ether oxygens (including phenoxy) is 2. The molecule has 1 fully saturated rings. The molecule has 1 aromatic heterocycles. The molecule has 34 heavy (non-hydrogen) atoms. The molecule has 7 nitrogen and oxygen atoms in total. The average Bonchev–Trinajstić information content (AvgIpc) is 2.88. The summed E-state index contributed by atoms with van der Waals surface area (Å²) in [4.78, 5) is 19.0. The fraction of sp³-hybridized carbons (Fsp3) is 0.259. The van der Waals surface area contributed by atoms with Gasteiger partial charge in [0.15, 0.2) is 5.75 Å². The van der Waals surface area contributed by atoms with Crippen molar-refractivity contribution in [1.29, 1.82) is 0 Å². The van der Waals surface area contributed by atoms with Crippen molar-refractivity contribution in [2.45, 2.75) is 13.5 Å². The molecule has 174 valence electrons. The molecular formula is C27H27N3O4. The second-order valence-electron chi connectivity index (χ2n) is 8.05. The van der Waals surface area contributed by atoms with Crippen molar-refractivity contribution in [1.82, 2.24) is 15.4 Å². The third-order valence-electron chi connectivity index (χ3n) is 5.62. The molecule has 7 heteroatoms. The number of hydrogen-bond acceptors (Lipinski definition) is 6. The van der Waals surface area contributed by atoms with Crippen LogP contribution < -0.4 is 10.2 Å². The van der Waals surface area contributed by atoms with E-state index in [0.29, 0.717) is 17.1 Å². The standard InChI is InChI=1S/C27H27N3O4/c1-19-17-24(27(31)29-32)26(33-2)25(28-19)23-11-9-21(10-12-23)4-3-20-5-7-22(8-6-20)18-30-13-15-34-16-14-30/h5-12,17,32H,13-16,18H2,1-2H3,(H,29,31). The maximum atomic E-state index is 12.0. The van der Waals surface area contributed by atoms with Gasteiger partial charge in [-0.05, 0) is 42.8 Å². The lowest BCUT2D eigenvalue weighted by Crippen LogP contribution is -2.35. The Morgan fingerprint density at radius 1 is 1.09 bits per heavy atom. The minimum atomic E-state index is -0.651. The molecule has 0 radical (unpaired) electrons. The van der Waals surface area contributed by atoms with E-state index in [2.05, 4.69) is 33.9 Å². The van der Waals surface area contributed by atoms with E-state index in [1.54, 1.807) is 18.5 Å². The van der Waals surface area contributed by atoms with Crippen LogP contribution in [0.1, 0.15) is 32.7 Å². The molecule has 3 aromatic rings. The average molecular weight is 458 g/mol. The van der Waals surface area contributed by atoms with Crippen molar-refractivity contribution < 1.29 is 19.5 Å². The van der Waals surface area contributed by atoms with Gasteiger partial charge in [-0.15, -0.1) is 0 Å². The number of nitrogens with zero attached hydrogens (tertiary/aromatic N) is 2. The first kappa shape index (κ1) is 23.5. The third-order valence-corrected chi connectivity index (χ3v) is 5.62. The number of carbonyl (C=O) groups is 1. The van der Waals surface area contributed by atoms with Crippen LogP contribution in [0.3, 0.4) is 0 Å². The summed E-state index contributed by atoms with van der Waals surface area (Å²) >= 11 is 0. The number of hydrogen-bond donors (Lipinski definition) is 2. The van der Waals surface area contributed by atoms with Gasteiger partial charge in [0.25, 0.3) is 5.91 Å². The zero-order chi connectivity index (χ0) is 23.9. The molecule has 2 aromatic carbocycles. The zero-order valence-corrected chi connectivity index (χ0v) is 19.3. The lowest BCUT2D eigenvalue weighted by Gasteiger charge is -2.26. The van der Waals surface area contributed by atoms with Gasteiger partial charge in [0.2, 0.25) is 0 Å². The van der Waals surface area contributed by atoms with Crippen LogP contribution >= 0.6 is 0 Å². The van der Waals surface area contributed by atoms with Crippen LogP contribution in [0.5, 0.6) is 5.75 Å². The Bertz CT molecular complexity index is 1210. The van der Waals surface area contributed by atoms with E-state index < -0.39 is 5.91 Å². The summed E-state index contributed by atoms with van der Waals surface area (Å²) in [6.45, 7) is 6.25. The molecule has 0 spiro atoms. The number of carbonyl (C=O) groups excluding carboxylic acids is 1. The molecule has 0 atom stereocenters. The summed E-state index contributed by atoms with van der Waals surface area (Å²) < 4.78 is 10.8. The van der Waals surface area contributed by atoms with Crippen molar-refractivity contribution in [2.24, 2.45) is 0 Å². The summed E-state index contributed by atoms with van der Waals surface area (Å²) in [5.41, 5.74) is 6.90. The highest BCUT2D eigenvalue weighted by Gasteiger charge is 2.19. The molecule has 4 rings (SSSR count). The van der Waals surface area contributed by atoms with Crippen molar-refractivity contribution in [2.75, 3.05) is 33.4 Å². The number of hydroxylamine groups is 1. The van der Waals surface area contributed by atoms with E-state index in [1.807, 2.05) is 36.4 Å². The minimum absolute atomic E-state index is 0.216. The summed E-state index contributed by atoms with van der Waals surface area (Å²) in [6, 6.07) is 17.5. The van der Waals surface area contributed by atoms with Crippen molar-refractivity contribution in [3.05, 3.63) is 82.5 Å². The smallest absolute Gasteiger partial charge is 0.278 e. The van der Waals surface area contributed by atoms with Gasteiger partial charge in [-0.1, -0.05) is 36.1 Å². The van der Waals surface area contributed by atoms with Crippen LogP contribution in [-0.2, 0) is 11.3 Å². The lowest BCUT2D eigenvalue weighted by atomic mass is 10.0. The Morgan fingerprint density at radius 3 is 2.29 bits per heavy atom. The van der Waals surface area contributed by atoms with Crippen molar-refractivity contribution in [3.8, 4) is 28.8 Å². The molecular weight excluding hydrogens is 430 g/mol. The van der Waals surface area contributed by atoms with Gasteiger partial charge in [-0.2, -0.15) is 0 Å². The molecule has 2 N–H and O–H groups in total. The monoisotopic (exact) mass is 457 g/mol. The van der Waals surface area contributed by atoms with Gasteiger partial charge < -0.3 is 9.47 Å². The van der Waals surface area contributed by atoms with E-state index in [0.717, 1.165) is 49.5 Å². The highest BCUT2D eigenvalue weighted by atomic mass is 16.5. The Balaban J connectivity index is 1.49. The number of pyridine rings is 1. The molecule has 0 aliphatic carbocycles. The SMILES string of the molecule is COc1c(C(=O)NO)cc(C)nc1-c1ccc(C#Cc2ccc(CN3CCOCC3)cc2)cc1. The number of nitrogens with one attached hydrogen (secondary N) is 1. The molecule has 2 heterocycles. The van der Waals surface area contributed by atoms with E-state index >= 15 is 0 Å². The fourth-order valence-corrected chi connectivity index (χ4v) is 3.86. The zero-order valence-electron chi connectivity index (χ0n) is 19.3. The Labute approximate surface area is 199 Å². The molecule has 0 bridgehead atoms. The summed E-state index contributed by atoms with van der Waals surface area (Å²) in [5.74, 6) is 6.05. The topological polar surface area (TPSA) is 83.9 Å². The first-order chi connectivity index (χ1) is 16.6. The number of morpholine rings is 1. The quantitative estimate of drug-likeness (QED) is 0.347. The number of amides is 1. The molecule has 0 unspecified atom stereocenters. The van der Waals surface area contributed by atoms with Gasteiger partial charge in [-0.25, -0.2) is 10.5 Å². The molecule has 1 aliphatic rings. The van der Waals surface area contributed by atoms with Crippen LogP contribution in [-0.4, -0.2) is 54.4 Å². The second-order valence-corrected chi connectivity index (χ2v) is 8.05. The highest BCUT2D eigenvalue weighted by Crippen LogP contribution is 2.32. The predicted molar refractivity (Wildman–Crippen MR) is 129 cm³/mol. The summed E-state index contributed by atoms with van der Waals surface area (Å²) in [7, 11) is 1.47. The van der Waals surface area contributed by atoms with Gasteiger partial charge in [0.1, 0.15) is 5.69 Å². The van der Waals surface area contributed by atoms with E-state index in [4.69, 9.17) is 14.7 Å². The number of benzene rings is 2. The van der Waals surface area contributed by atoms with Gasteiger partial charge in [0.05, 0.1) is 25.9 Å². The molecule has 1 amide bonds. The third kappa shape index (κ3) is 5.61. The van der Waals surface area contributed by atoms with E-state index in [1.165, 1.54) is 12.7 Å². The van der Waals surface area contributed by atoms with Crippen molar-refractivity contribution in [3.63, 3.8) is 0 Å². The van der Waals surface area contributed by atoms with Crippen LogP contribution in [0, 0.1) is 18.8 Å². The summed E-state index contributed by atoms with van der Waals surface area (Å²) in [6.07, 6.45) is 0. The van der Waals surface area contributed by atoms with Crippen molar-refractivity contribution >= 4 is 5.91 Å². The number of rotatable bonds is 5. The van der Waals surface area contributed by atoms with Gasteiger partial charge in [0, 0.05) is 42.0 Å². The largest absolute Gasteiger partial charge is 0.494 e. The Kier molecular flexibility index (Phi) is 7.55. The van der Waals surface area contributed by atoms with Crippen LogP contribution in [0.4, 0.5) is 0 Å². The molecule has 0 saturated carbocycles. The number of aromatic nitrogens is 1. The van der Waals surface area contributed by atoms with Gasteiger partial charge in [-0.3, -0.25) is 14.9 Å². The second kappa shape index (κ2) is 10.9. The maximum absolute atomic E-state index is 12.0. The first-order valence-electron chi connectivity index (χ1n) is 11.1. The van der Waals surface area contributed by atoms with Crippen LogP contribution in [0.2, 0.25) is 0 Å². The van der Waals surface area contributed by atoms with E-state index in [-0.39, 0.29) is 5.56 Å². The lowest BCUT2D eigenvalue weighted by molar-refractivity contribution is 0.0342. The number of methoxy groups -OCH3 is 1. The predicted octanol–water partition coefficient (Wildman–Crippen LogP) is 3.42. The molecule has 1 aliphatic heterocycles. The maximum Gasteiger partial charge on any atom is 0.278 e. The Hall–Kier alpha value is -3.70. The Morgan fingerprint density at radius 2 is 1.71 bits per heavy atom. The van der Waals surface area contributed by atoms with Gasteiger partial charge >= 0.3 is 0 Å². The first-order valence-corrected chi connectivity index (χ1v) is 11.1. The molecule has 1 saturated heterocycles. The normalized spacial score (nSPS) is 13.6. The highest BCUT2D eigenvalue weighted by molar-refractivity contribution is 5.98. The summed E-state index contributed by atoms with van der Waals surface area (Å²) in [5, 5.41) is 9.04. The minimum Gasteiger partial charge on any atom is -0.494 e. The van der Waals surface area contributed by atoms with Crippen LogP contribution in [0.15, 0.2) is 54.6 Å². The fourth-order valence-electron chi connectivity index (χ4n) is 3.86. The number of aryl methyl sites for hydroxylation is 1. The van der Waals surface area contributed by atoms with Crippen LogP contribution in [0.25, 0.3) is 11.3 Å². The van der Waals surface area contributed by atoms with E-state index in [9.17, 15) is 4.79 Å².